The second-order valence-electron chi connectivity index (χ2n) is 24.2. The van der Waals surface area contributed by atoms with E-state index in [0.29, 0.717) is 25.9 Å². The van der Waals surface area contributed by atoms with Crippen LogP contribution in [0.2, 0.25) is 0 Å². The first-order valence-electron chi connectivity index (χ1n) is 34.9. The smallest absolute Gasteiger partial charge is 0.305 e. The molecule has 0 aromatic heterocycles. The Balaban J connectivity index is 3.42. The number of hydrogen-bond acceptors (Lipinski definition) is 5. The van der Waals surface area contributed by atoms with E-state index in [9.17, 15) is 19.8 Å². The predicted molar refractivity (Wildman–Crippen MR) is 333 cm³/mol. The van der Waals surface area contributed by atoms with Crippen LogP contribution in [0.4, 0.5) is 0 Å². The van der Waals surface area contributed by atoms with Crippen molar-refractivity contribution in [2.45, 2.75) is 411 Å². The summed E-state index contributed by atoms with van der Waals surface area (Å²) in [5, 5.41) is 23.4. The molecule has 0 radical (unpaired) electrons. The molecule has 3 N–H and O–H groups in total. The normalized spacial score (nSPS) is 12.5. The van der Waals surface area contributed by atoms with Gasteiger partial charge in [0.05, 0.1) is 25.4 Å². The number of allylic oxidation sites excluding steroid dienone is 2. The van der Waals surface area contributed by atoms with Crippen molar-refractivity contribution in [3.63, 3.8) is 0 Å². The van der Waals surface area contributed by atoms with Gasteiger partial charge in [-0.2, -0.15) is 0 Å². The van der Waals surface area contributed by atoms with Gasteiger partial charge in [-0.1, -0.05) is 347 Å². The Morgan fingerprint density at radius 3 is 0.934 bits per heavy atom. The van der Waals surface area contributed by atoms with Gasteiger partial charge in [0.1, 0.15) is 0 Å². The number of carbonyl (C=O) groups excluding carboxylic acids is 2. The summed E-state index contributed by atoms with van der Waals surface area (Å²) in [4.78, 5) is 24.6. The van der Waals surface area contributed by atoms with Crippen LogP contribution in [-0.4, -0.2) is 47.4 Å². The highest BCUT2D eigenvalue weighted by molar-refractivity contribution is 5.76. The highest BCUT2D eigenvalue weighted by Crippen LogP contribution is 2.19. The molecule has 0 spiro atoms. The van der Waals surface area contributed by atoms with E-state index in [-0.39, 0.29) is 18.5 Å². The molecule has 1 amide bonds. The van der Waals surface area contributed by atoms with Crippen molar-refractivity contribution < 1.29 is 24.5 Å². The maximum absolute atomic E-state index is 12.5. The summed E-state index contributed by atoms with van der Waals surface area (Å²) in [6.45, 7) is 4.99. The zero-order valence-electron chi connectivity index (χ0n) is 51.8. The first-order valence-corrected chi connectivity index (χ1v) is 34.9. The van der Waals surface area contributed by atoms with E-state index in [2.05, 4.69) is 31.3 Å². The molecule has 0 aromatic carbocycles. The number of hydrogen-bond donors (Lipinski definition) is 3. The SMILES string of the molecule is CCCCCCCCCCCCCCCCCCCCCCCCCCC(O)C(CO)NC(=O)CCCCCCC/C=C\CCCCCCCCCCCOC(=O)CCCCCCCCCCCCCCCCCCC. The van der Waals surface area contributed by atoms with Crippen LogP contribution in [0.15, 0.2) is 12.2 Å². The lowest BCUT2D eigenvalue weighted by Crippen LogP contribution is -2.45. The molecule has 6 heteroatoms. The van der Waals surface area contributed by atoms with Crippen molar-refractivity contribution in [2.24, 2.45) is 0 Å². The third kappa shape index (κ3) is 61.8. The lowest BCUT2D eigenvalue weighted by atomic mass is 10.0. The molecule has 76 heavy (non-hydrogen) atoms. The van der Waals surface area contributed by atoms with E-state index in [0.717, 1.165) is 51.4 Å². The molecule has 0 saturated carbocycles. The van der Waals surface area contributed by atoms with Crippen LogP contribution in [-0.2, 0) is 14.3 Å². The minimum atomic E-state index is -0.674. The summed E-state index contributed by atoms with van der Waals surface area (Å²) >= 11 is 0. The molecular formula is C70H137NO5. The first-order chi connectivity index (χ1) is 37.5. The van der Waals surface area contributed by atoms with Gasteiger partial charge in [0.2, 0.25) is 5.91 Å². The summed E-state index contributed by atoms with van der Waals surface area (Å²) in [5.41, 5.74) is 0. The summed E-state index contributed by atoms with van der Waals surface area (Å²) in [7, 11) is 0. The molecule has 0 bridgehead atoms. The molecule has 0 aliphatic rings. The predicted octanol–water partition coefficient (Wildman–Crippen LogP) is 22.4. The van der Waals surface area contributed by atoms with Gasteiger partial charge in [0.15, 0.2) is 0 Å². The highest BCUT2D eigenvalue weighted by Gasteiger charge is 2.20. The summed E-state index contributed by atoms with van der Waals surface area (Å²) in [6, 6.07) is -0.552. The lowest BCUT2D eigenvalue weighted by molar-refractivity contribution is -0.143. The zero-order chi connectivity index (χ0) is 55.0. The van der Waals surface area contributed by atoms with Crippen molar-refractivity contribution in [3.05, 3.63) is 12.2 Å². The third-order valence-corrected chi connectivity index (χ3v) is 16.6. The van der Waals surface area contributed by atoms with Crippen LogP contribution in [0.3, 0.4) is 0 Å². The number of aliphatic hydroxyl groups is 2. The van der Waals surface area contributed by atoms with E-state index in [1.807, 2.05) is 0 Å². The maximum atomic E-state index is 12.5. The highest BCUT2D eigenvalue weighted by atomic mass is 16.5. The standard InChI is InChI=1S/C70H137NO5/c1-3-5-7-9-11-13-15-17-19-21-22-23-24-25-26-27-31-34-38-42-46-50-54-58-62-68(73)67(66-72)71-69(74)63-59-55-51-47-43-39-35-32-28-29-33-37-41-45-49-53-57-61-65-76-70(75)64-60-56-52-48-44-40-36-30-20-18-16-14-12-10-8-6-4-2/h32,35,67-68,72-73H,3-31,33-34,36-66H2,1-2H3,(H,71,74)/b35-32-. The van der Waals surface area contributed by atoms with Crippen molar-refractivity contribution in [1.82, 2.24) is 5.32 Å². The fourth-order valence-corrected chi connectivity index (χ4v) is 11.2. The molecule has 0 saturated heterocycles. The molecule has 2 atom stereocenters. The van der Waals surface area contributed by atoms with E-state index >= 15 is 0 Å². The van der Waals surface area contributed by atoms with Gasteiger partial charge in [-0.3, -0.25) is 9.59 Å². The quantitative estimate of drug-likeness (QED) is 0.0320. The molecule has 0 fully saturated rings. The lowest BCUT2D eigenvalue weighted by Gasteiger charge is -2.22. The minimum absolute atomic E-state index is 0.00836. The van der Waals surface area contributed by atoms with Gasteiger partial charge >= 0.3 is 5.97 Å². The van der Waals surface area contributed by atoms with Crippen molar-refractivity contribution in [2.75, 3.05) is 13.2 Å². The molecule has 0 heterocycles. The minimum Gasteiger partial charge on any atom is -0.466 e. The molecule has 0 rings (SSSR count). The molecular weight excluding hydrogens is 935 g/mol. The van der Waals surface area contributed by atoms with Gasteiger partial charge in [-0.25, -0.2) is 0 Å². The molecule has 0 aliphatic heterocycles. The van der Waals surface area contributed by atoms with Gasteiger partial charge in [0, 0.05) is 12.8 Å². The Morgan fingerprint density at radius 1 is 0.355 bits per heavy atom. The molecule has 0 aliphatic carbocycles. The van der Waals surface area contributed by atoms with Crippen LogP contribution in [0.25, 0.3) is 0 Å². The van der Waals surface area contributed by atoms with Crippen molar-refractivity contribution in [1.29, 1.82) is 0 Å². The van der Waals surface area contributed by atoms with Crippen LogP contribution in [0, 0.1) is 0 Å². The second-order valence-corrected chi connectivity index (χ2v) is 24.2. The molecule has 6 nitrogen and oxygen atoms in total. The van der Waals surface area contributed by atoms with Gasteiger partial charge in [-0.05, 0) is 51.4 Å². The number of rotatable bonds is 66. The van der Waals surface area contributed by atoms with Crippen molar-refractivity contribution >= 4 is 11.9 Å². The average molecular weight is 1070 g/mol. The number of nitrogens with one attached hydrogen (secondary N) is 1. The third-order valence-electron chi connectivity index (χ3n) is 16.6. The maximum Gasteiger partial charge on any atom is 0.305 e. The van der Waals surface area contributed by atoms with Gasteiger partial charge in [0.25, 0.3) is 0 Å². The van der Waals surface area contributed by atoms with E-state index < -0.39 is 12.1 Å². The Morgan fingerprint density at radius 2 is 0.618 bits per heavy atom. The van der Waals surface area contributed by atoms with E-state index in [1.54, 1.807) is 0 Å². The Labute approximate surface area is 476 Å². The number of esters is 1. The van der Waals surface area contributed by atoms with E-state index in [1.165, 1.54) is 315 Å². The fraction of sp³-hybridized carbons (Fsp3) is 0.943. The van der Waals surface area contributed by atoms with Crippen LogP contribution < -0.4 is 5.32 Å². The Bertz CT molecular complexity index is 1140. The molecule has 452 valence electrons. The Kier molecular flexibility index (Phi) is 64.9. The Hall–Kier alpha value is -1.40. The van der Waals surface area contributed by atoms with Crippen LogP contribution >= 0.6 is 0 Å². The first kappa shape index (κ1) is 74.6. The monoisotopic (exact) mass is 1070 g/mol. The van der Waals surface area contributed by atoms with Gasteiger partial charge < -0.3 is 20.3 Å². The largest absolute Gasteiger partial charge is 0.466 e. The summed E-state index contributed by atoms with van der Waals surface area (Å²) in [6.07, 6.45) is 81.0. The zero-order valence-corrected chi connectivity index (χ0v) is 51.8. The second kappa shape index (κ2) is 66.1. The van der Waals surface area contributed by atoms with Crippen LogP contribution in [0.1, 0.15) is 399 Å². The van der Waals surface area contributed by atoms with E-state index in [4.69, 9.17) is 4.74 Å². The van der Waals surface area contributed by atoms with Gasteiger partial charge in [-0.15, -0.1) is 0 Å². The number of aliphatic hydroxyl groups excluding tert-OH is 2. The molecule has 0 aromatic rings. The average Bonchev–Trinajstić information content (AvgIpc) is 3.42. The van der Waals surface area contributed by atoms with Crippen LogP contribution in [0.5, 0.6) is 0 Å². The summed E-state index contributed by atoms with van der Waals surface area (Å²) in [5.74, 6) is -0.0357. The topological polar surface area (TPSA) is 95.9 Å². The van der Waals surface area contributed by atoms with Crippen molar-refractivity contribution in [3.8, 4) is 0 Å². The fourth-order valence-electron chi connectivity index (χ4n) is 11.2. The number of amides is 1. The summed E-state index contributed by atoms with van der Waals surface area (Å²) < 4.78 is 5.50. The number of carbonyl (C=O) groups is 2. The number of ether oxygens (including phenoxy) is 1. The molecule has 2 unspecified atom stereocenters. The number of unbranched alkanes of at least 4 members (excludes halogenated alkanes) is 53.